The van der Waals surface area contributed by atoms with Crippen molar-refractivity contribution in [2.24, 2.45) is 7.05 Å². The zero-order valence-corrected chi connectivity index (χ0v) is 23.9. The lowest BCUT2D eigenvalue weighted by atomic mass is 9.98. The SMILES string of the molecule is CCc1c(-c2cc(Nc3nc4n(n3)CCN(C)C4)c(=O)n(C)c2)ccnc1N1CCn2c(cc3c2CCCC3)C1=O. The van der Waals surface area contributed by atoms with E-state index in [9.17, 15) is 9.59 Å². The summed E-state index contributed by atoms with van der Waals surface area (Å²) in [6.45, 7) is 5.83. The number of hydrogen-bond donors (Lipinski definition) is 1. The Kier molecular flexibility index (Phi) is 6.26. The maximum atomic E-state index is 13.8. The van der Waals surface area contributed by atoms with Gasteiger partial charge >= 0.3 is 0 Å². The number of aryl methyl sites for hydroxylation is 2. The molecule has 3 aliphatic rings. The van der Waals surface area contributed by atoms with Gasteiger partial charge in [-0.25, -0.2) is 9.67 Å². The summed E-state index contributed by atoms with van der Waals surface area (Å²) in [4.78, 5) is 40.3. The van der Waals surface area contributed by atoms with E-state index in [1.54, 1.807) is 17.8 Å². The predicted molar refractivity (Wildman–Crippen MR) is 157 cm³/mol. The third-order valence-electron chi connectivity index (χ3n) is 8.66. The molecule has 1 amide bonds. The number of hydrogen-bond acceptors (Lipinski definition) is 7. The molecule has 11 nitrogen and oxygen atoms in total. The lowest BCUT2D eigenvalue weighted by Gasteiger charge is -2.31. The van der Waals surface area contributed by atoms with Crippen LogP contribution < -0.4 is 15.8 Å². The first-order valence-electron chi connectivity index (χ1n) is 14.5. The zero-order valence-electron chi connectivity index (χ0n) is 23.9. The van der Waals surface area contributed by atoms with Gasteiger partial charge in [0.25, 0.3) is 11.5 Å². The van der Waals surface area contributed by atoms with Gasteiger partial charge in [-0.05, 0) is 68.5 Å². The summed E-state index contributed by atoms with van der Waals surface area (Å²) < 4.78 is 5.70. The molecule has 0 atom stereocenters. The number of fused-ring (bicyclic) bond motifs is 4. The van der Waals surface area contributed by atoms with E-state index in [2.05, 4.69) is 44.9 Å². The van der Waals surface area contributed by atoms with E-state index in [0.29, 0.717) is 30.4 Å². The largest absolute Gasteiger partial charge is 0.339 e. The molecule has 7 rings (SSSR count). The molecule has 0 spiro atoms. The highest BCUT2D eigenvalue weighted by Crippen LogP contribution is 2.34. The Labute approximate surface area is 238 Å². The Bertz CT molecular complexity index is 1730. The van der Waals surface area contributed by atoms with Crippen molar-refractivity contribution in [1.82, 2.24) is 33.8 Å². The third kappa shape index (κ3) is 4.35. The molecule has 1 N–H and O–H groups in total. The Morgan fingerprint density at radius 3 is 2.73 bits per heavy atom. The summed E-state index contributed by atoms with van der Waals surface area (Å²) >= 11 is 0. The fourth-order valence-electron chi connectivity index (χ4n) is 6.55. The summed E-state index contributed by atoms with van der Waals surface area (Å²) in [5, 5.41) is 7.75. The maximum absolute atomic E-state index is 13.8. The van der Waals surface area contributed by atoms with Crippen LogP contribution in [0.2, 0.25) is 0 Å². The molecule has 0 unspecified atom stereocenters. The van der Waals surface area contributed by atoms with Crippen molar-refractivity contribution in [1.29, 1.82) is 0 Å². The molecule has 1 aliphatic carbocycles. The van der Waals surface area contributed by atoms with E-state index in [1.165, 1.54) is 24.1 Å². The molecule has 0 fully saturated rings. The van der Waals surface area contributed by atoms with Gasteiger partial charge in [0.1, 0.15) is 23.0 Å². The monoisotopic (exact) mass is 553 g/mol. The summed E-state index contributed by atoms with van der Waals surface area (Å²) in [5.74, 6) is 1.99. The van der Waals surface area contributed by atoms with Crippen molar-refractivity contribution in [3.8, 4) is 11.1 Å². The first-order valence-corrected chi connectivity index (χ1v) is 14.5. The third-order valence-corrected chi connectivity index (χ3v) is 8.66. The van der Waals surface area contributed by atoms with Crippen LogP contribution in [0, 0.1) is 0 Å². The summed E-state index contributed by atoms with van der Waals surface area (Å²) in [5.41, 5.74) is 6.46. The molecule has 212 valence electrons. The zero-order chi connectivity index (χ0) is 28.2. The molecule has 0 radical (unpaired) electrons. The normalized spacial score (nSPS) is 16.9. The van der Waals surface area contributed by atoms with Gasteiger partial charge in [-0.1, -0.05) is 6.92 Å². The first-order chi connectivity index (χ1) is 19.9. The Hall–Kier alpha value is -4.25. The van der Waals surface area contributed by atoms with Crippen LogP contribution in [0.1, 0.15) is 52.9 Å². The Balaban J connectivity index is 1.24. The number of pyridine rings is 2. The highest BCUT2D eigenvalue weighted by molar-refractivity contribution is 6.06. The molecule has 11 heteroatoms. The number of anilines is 3. The van der Waals surface area contributed by atoms with Gasteiger partial charge in [0.15, 0.2) is 0 Å². The molecule has 0 saturated heterocycles. The quantitative estimate of drug-likeness (QED) is 0.405. The molecule has 0 bridgehead atoms. The predicted octanol–water partition coefficient (Wildman–Crippen LogP) is 3.13. The van der Waals surface area contributed by atoms with Crippen molar-refractivity contribution >= 4 is 23.4 Å². The minimum absolute atomic E-state index is 0.00767. The van der Waals surface area contributed by atoms with Crippen molar-refractivity contribution in [3.05, 3.63) is 69.3 Å². The minimum Gasteiger partial charge on any atom is -0.339 e. The van der Waals surface area contributed by atoms with Crippen LogP contribution in [0.4, 0.5) is 17.5 Å². The van der Waals surface area contributed by atoms with E-state index in [-0.39, 0.29) is 11.5 Å². The van der Waals surface area contributed by atoms with Crippen LogP contribution in [0.15, 0.2) is 35.4 Å². The number of likely N-dealkylation sites (N-methyl/N-ethyl adjacent to an activating group) is 1. The van der Waals surface area contributed by atoms with Crippen molar-refractivity contribution in [2.45, 2.75) is 58.7 Å². The molecular weight excluding hydrogens is 518 g/mol. The molecule has 0 aromatic carbocycles. The second-order valence-corrected chi connectivity index (χ2v) is 11.3. The highest BCUT2D eigenvalue weighted by atomic mass is 16.2. The molecule has 4 aromatic rings. The molecule has 41 heavy (non-hydrogen) atoms. The highest BCUT2D eigenvalue weighted by Gasteiger charge is 2.32. The molecule has 2 aliphatic heterocycles. The number of aromatic nitrogens is 6. The Morgan fingerprint density at radius 2 is 1.88 bits per heavy atom. The first kappa shape index (κ1) is 25.7. The van der Waals surface area contributed by atoms with Crippen molar-refractivity contribution < 1.29 is 4.79 Å². The van der Waals surface area contributed by atoms with Gasteiger partial charge in [-0.15, -0.1) is 5.10 Å². The van der Waals surface area contributed by atoms with Crippen LogP contribution in [0.3, 0.4) is 0 Å². The average molecular weight is 554 g/mol. The van der Waals surface area contributed by atoms with E-state index >= 15 is 0 Å². The summed E-state index contributed by atoms with van der Waals surface area (Å²) in [6.07, 6.45) is 8.75. The van der Waals surface area contributed by atoms with E-state index < -0.39 is 0 Å². The fourth-order valence-corrected chi connectivity index (χ4v) is 6.55. The smallest absolute Gasteiger partial charge is 0.276 e. The second kappa shape index (κ2) is 9.99. The maximum Gasteiger partial charge on any atom is 0.276 e. The van der Waals surface area contributed by atoms with Gasteiger partial charge in [0, 0.05) is 55.9 Å². The van der Waals surface area contributed by atoms with Gasteiger partial charge < -0.3 is 14.5 Å². The summed E-state index contributed by atoms with van der Waals surface area (Å²) in [6, 6.07) is 5.92. The van der Waals surface area contributed by atoms with Gasteiger partial charge in [0.05, 0.1) is 13.1 Å². The fraction of sp³-hybridized carbons (Fsp3) is 0.433. The van der Waals surface area contributed by atoms with Crippen LogP contribution in [0.5, 0.6) is 0 Å². The Morgan fingerprint density at radius 1 is 1.02 bits per heavy atom. The average Bonchev–Trinajstić information content (AvgIpc) is 3.56. The molecule has 4 aromatic heterocycles. The van der Waals surface area contributed by atoms with E-state index in [4.69, 9.17) is 4.98 Å². The lowest BCUT2D eigenvalue weighted by molar-refractivity contribution is 0.0963. The number of nitrogens with zero attached hydrogens (tertiary/aromatic N) is 8. The van der Waals surface area contributed by atoms with E-state index in [0.717, 1.165) is 67.2 Å². The molecule has 6 heterocycles. The number of carbonyl (C=O) groups excluding carboxylic acids is 1. The minimum atomic E-state index is -0.165. The number of carbonyl (C=O) groups is 1. The van der Waals surface area contributed by atoms with E-state index in [1.807, 2.05) is 27.9 Å². The topological polar surface area (TPSA) is 106 Å². The van der Waals surface area contributed by atoms with Crippen LogP contribution >= 0.6 is 0 Å². The van der Waals surface area contributed by atoms with Crippen LogP contribution in [-0.2, 0) is 45.9 Å². The van der Waals surface area contributed by atoms with Crippen LogP contribution in [-0.4, -0.2) is 59.8 Å². The number of nitrogens with one attached hydrogen (secondary N) is 1. The molecular formula is C30H35N9O2. The van der Waals surface area contributed by atoms with Crippen molar-refractivity contribution in [3.63, 3.8) is 0 Å². The lowest BCUT2D eigenvalue weighted by Crippen LogP contribution is -2.41. The second-order valence-electron chi connectivity index (χ2n) is 11.3. The number of amides is 1. The van der Waals surface area contributed by atoms with Crippen LogP contribution in [0.25, 0.3) is 11.1 Å². The van der Waals surface area contributed by atoms with Gasteiger partial charge in [0.2, 0.25) is 5.95 Å². The van der Waals surface area contributed by atoms with Gasteiger partial charge in [-0.3, -0.25) is 19.4 Å². The van der Waals surface area contributed by atoms with Crippen molar-refractivity contribution in [2.75, 3.05) is 30.4 Å². The van der Waals surface area contributed by atoms with Gasteiger partial charge in [-0.2, -0.15) is 4.98 Å². The standard InChI is InChI=1S/C30H35N9O2/c1-4-21-22(9-10-31-27(21)38-13-12-37-24-8-6-5-7-19(24)16-25(37)29(38)41)20-15-23(28(40)36(3)17-20)32-30-33-26-18-35(2)11-14-39(26)34-30/h9-10,15-17H,4-8,11-14,18H2,1-3H3,(H,32,34). The number of rotatable bonds is 5. The summed E-state index contributed by atoms with van der Waals surface area (Å²) in [7, 11) is 3.80. The molecule has 0 saturated carbocycles.